The van der Waals surface area contributed by atoms with Crippen LogP contribution >= 0.6 is 11.6 Å². The molecular formula is C29H37ClN4O7. The number of nitrogens with zero attached hydrogens (tertiary/aromatic N) is 1. The number of hydrogen-bond acceptors (Lipinski definition) is 9. The smallest absolute Gasteiger partial charge is 0.406 e. The third-order valence-electron chi connectivity index (χ3n) is 6.61. The Morgan fingerprint density at radius 2 is 1.73 bits per heavy atom. The molecule has 0 saturated carbocycles. The van der Waals surface area contributed by atoms with Gasteiger partial charge in [0.2, 0.25) is 0 Å². The van der Waals surface area contributed by atoms with Gasteiger partial charge in [-0.25, -0.2) is 4.79 Å². The maximum Gasteiger partial charge on any atom is 0.406 e. The van der Waals surface area contributed by atoms with Crippen molar-refractivity contribution in [2.24, 2.45) is 0 Å². The maximum atomic E-state index is 10.9. The Kier molecular flexibility index (Phi) is 11.5. The molecule has 12 heteroatoms. The van der Waals surface area contributed by atoms with E-state index >= 15 is 0 Å². The first-order valence-electron chi connectivity index (χ1n) is 13.5. The van der Waals surface area contributed by atoms with Crippen LogP contribution in [0.3, 0.4) is 0 Å². The summed E-state index contributed by atoms with van der Waals surface area (Å²) in [5.41, 5.74) is 6.47. The zero-order valence-electron chi connectivity index (χ0n) is 23.6. The number of alkyl carbamates (subject to hydrolysis) is 1. The SMILES string of the molecule is COC(=O)NCCOCCOCCOCCOc1cc2c(cc1OC)-c1[nH]nc(NCc3c(C)cccc3Cl)c1C2. The van der Waals surface area contributed by atoms with Gasteiger partial charge in [-0.15, -0.1) is 0 Å². The van der Waals surface area contributed by atoms with Crippen molar-refractivity contribution in [3.8, 4) is 22.8 Å². The van der Waals surface area contributed by atoms with Gasteiger partial charge in [-0.3, -0.25) is 5.10 Å². The molecule has 0 atom stereocenters. The summed E-state index contributed by atoms with van der Waals surface area (Å²) in [5.74, 6) is 2.14. The van der Waals surface area contributed by atoms with E-state index in [2.05, 4.69) is 38.6 Å². The second-order valence-corrected chi connectivity index (χ2v) is 9.66. The van der Waals surface area contributed by atoms with Crippen LogP contribution in [0.25, 0.3) is 11.3 Å². The van der Waals surface area contributed by atoms with Gasteiger partial charge in [0.1, 0.15) is 6.61 Å². The molecule has 1 aliphatic carbocycles. The van der Waals surface area contributed by atoms with E-state index in [0.717, 1.165) is 50.8 Å². The van der Waals surface area contributed by atoms with Gasteiger partial charge >= 0.3 is 6.09 Å². The Hall–Kier alpha value is -3.51. The number of ether oxygens (including phenoxy) is 6. The van der Waals surface area contributed by atoms with E-state index in [1.165, 1.54) is 7.11 Å². The van der Waals surface area contributed by atoms with E-state index in [9.17, 15) is 4.79 Å². The fourth-order valence-corrected chi connectivity index (χ4v) is 4.75. The molecule has 1 aromatic heterocycles. The zero-order chi connectivity index (χ0) is 29.0. The summed E-state index contributed by atoms with van der Waals surface area (Å²) in [4.78, 5) is 10.9. The number of H-pyrrole nitrogens is 1. The van der Waals surface area contributed by atoms with Crippen molar-refractivity contribution in [3.63, 3.8) is 0 Å². The van der Waals surface area contributed by atoms with E-state index in [0.29, 0.717) is 70.8 Å². The molecule has 1 aliphatic rings. The molecule has 4 rings (SSSR count). The molecule has 3 N–H and O–H groups in total. The van der Waals surface area contributed by atoms with Gasteiger partial charge < -0.3 is 39.1 Å². The third kappa shape index (κ3) is 8.26. The van der Waals surface area contributed by atoms with Crippen LogP contribution in [0.15, 0.2) is 30.3 Å². The Labute approximate surface area is 244 Å². The summed E-state index contributed by atoms with van der Waals surface area (Å²) >= 11 is 6.40. The number of methoxy groups -OCH3 is 2. The largest absolute Gasteiger partial charge is 0.493 e. The van der Waals surface area contributed by atoms with E-state index in [1.54, 1.807) is 7.11 Å². The molecule has 11 nitrogen and oxygen atoms in total. The summed E-state index contributed by atoms with van der Waals surface area (Å²) in [6.45, 7) is 5.98. The first-order valence-corrected chi connectivity index (χ1v) is 13.8. The summed E-state index contributed by atoms with van der Waals surface area (Å²) in [5, 5.41) is 14.4. The van der Waals surface area contributed by atoms with Crippen LogP contribution in [0.4, 0.5) is 10.6 Å². The highest BCUT2D eigenvalue weighted by atomic mass is 35.5. The normalized spacial score (nSPS) is 11.6. The zero-order valence-corrected chi connectivity index (χ0v) is 24.4. The van der Waals surface area contributed by atoms with Gasteiger partial charge in [-0.05, 0) is 41.8 Å². The molecular weight excluding hydrogens is 552 g/mol. The molecule has 0 spiro atoms. The predicted octanol–water partition coefficient (Wildman–Crippen LogP) is 4.35. The van der Waals surface area contributed by atoms with Crippen molar-refractivity contribution in [2.75, 3.05) is 72.3 Å². The van der Waals surface area contributed by atoms with Gasteiger partial charge in [0.25, 0.3) is 0 Å². The fourth-order valence-electron chi connectivity index (χ4n) is 4.46. The molecule has 0 saturated heterocycles. The van der Waals surface area contributed by atoms with Crippen molar-refractivity contribution in [3.05, 3.63) is 57.6 Å². The lowest BCUT2D eigenvalue weighted by molar-refractivity contribution is 0.00974. The Balaban J connectivity index is 1.17. The van der Waals surface area contributed by atoms with Crippen molar-refractivity contribution in [1.29, 1.82) is 0 Å². The molecule has 0 fully saturated rings. The minimum absolute atomic E-state index is 0.377. The Morgan fingerprint density at radius 3 is 2.44 bits per heavy atom. The van der Waals surface area contributed by atoms with Crippen LogP contribution in [0.2, 0.25) is 5.02 Å². The quantitative estimate of drug-likeness (QED) is 0.154. The number of rotatable bonds is 17. The highest BCUT2D eigenvalue weighted by Gasteiger charge is 2.27. The number of aromatic nitrogens is 2. The molecule has 222 valence electrons. The first kappa shape index (κ1) is 30.4. The van der Waals surface area contributed by atoms with Crippen LogP contribution in [0.1, 0.15) is 22.3 Å². The van der Waals surface area contributed by atoms with Gasteiger partial charge in [-0.1, -0.05) is 23.7 Å². The van der Waals surface area contributed by atoms with E-state index in [4.69, 9.17) is 35.3 Å². The highest BCUT2D eigenvalue weighted by molar-refractivity contribution is 6.31. The second kappa shape index (κ2) is 15.5. The molecule has 0 bridgehead atoms. The van der Waals surface area contributed by atoms with Crippen molar-refractivity contribution >= 4 is 23.5 Å². The number of carbonyl (C=O) groups excluding carboxylic acids is 1. The maximum absolute atomic E-state index is 10.9. The molecule has 41 heavy (non-hydrogen) atoms. The number of aryl methyl sites for hydroxylation is 1. The number of carbonyl (C=O) groups is 1. The lowest BCUT2D eigenvalue weighted by atomic mass is 10.1. The first-order chi connectivity index (χ1) is 20.0. The average Bonchev–Trinajstić information content (AvgIpc) is 3.53. The minimum atomic E-state index is -0.476. The second-order valence-electron chi connectivity index (χ2n) is 9.26. The van der Waals surface area contributed by atoms with Crippen LogP contribution in [0.5, 0.6) is 11.5 Å². The van der Waals surface area contributed by atoms with Gasteiger partial charge in [0.05, 0.1) is 59.6 Å². The number of halogens is 1. The number of fused-ring (bicyclic) bond motifs is 3. The van der Waals surface area contributed by atoms with Gasteiger partial charge in [-0.2, -0.15) is 5.10 Å². The molecule has 1 amide bonds. The van der Waals surface area contributed by atoms with E-state index < -0.39 is 6.09 Å². The Bertz CT molecular complexity index is 1280. The van der Waals surface area contributed by atoms with Crippen LogP contribution in [-0.2, 0) is 31.9 Å². The molecule has 1 heterocycles. The third-order valence-corrected chi connectivity index (χ3v) is 6.96. The Morgan fingerprint density at radius 1 is 1.00 bits per heavy atom. The lowest BCUT2D eigenvalue weighted by Crippen LogP contribution is -2.27. The van der Waals surface area contributed by atoms with E-state index in [1.807, 2.05) is 24.3 Å². The monoisotopic (exact) mass is 588 g/mol. The standard InChI is InChI=1S/C29H37ClN4O7/c1-19-5-4-6-24(30)23(19)18-32-28-22-15-20-16-26(25(36-2)17-21(20)27(22)33-34-28)41-14-13-40-12-11-39-10-9-38-8-7-31-29(35)37-3/h4-6,16-17H,7-15,18H2,1-3H3,(H,31,35)(H2,32,33,34). The fraction of sp³-hybridized carbons (Fsp3) is 0.448. The lowest BCUT2D eigenvalue weighted by Gasteiger charge is -2.13. The van der Waals surface area contributed by atoms with Gasteiger partial charge in [0.15, 0.2) is 17.3 Å². The van der Waals surface area contributed by atoms with Crippen LogP contribution < -0.4 is 20.1 Å². The molecule has 0 aliphatic heterocycles. The topological polar surface area (TPSA) is 125 Å². The van der Waals surface area contributed by atoms with Crippen molar-refractivity contribution in [1.82, 2.24) is 15.5 Å². The summed E-state index contributed by atoms with van der Waals surface area (Å²) in [6, 6.07) is 9.91. The van der Waals surface area contributed by atoms with Crippen LogP contribution in [0, 0.1) is 6.92 Å². The van der Waals surface area contributed by atoms with Crippen molar-refractivity contribution < 1.29 is 33.2 Å². The average molecular weight is 589 g/mol. The summed E-state index contributed by atoms with van der Waals surface area (Å²) in [7, 11) is 2.95. The van der Waals surface area contributed by atoms with Gasteiger partial charge in [0, 0.05) is 35.7 Å². The minimum Gasteiger partial charge on any atom is -0.493 e. The predicted molar refractivity (Wildman–Crippen MR) is 155 cm³/mol. The number of anilines is 1. The summed E-state index contributed by atoms with van der Waals surface area (Å²) < 4.78 is 32.5. The molecule has 2 aromatic carbocycles. The number of aromatic amines is 1. The number of amides is 1. The number of hydrogen-bond donors (Lipinski definition) is 3. The molecule has 0 unspecified atom stereocenters. The number of benzene rings is 2. The number of nitrogens with one attached hydrogen (secondary N) is 3. The highest BCUT2D eigenvalue weighted by Crippen LogP contribution is 2.44. The molecule has 3 aromatic rings. The summed E-state index contributed by atoms with van der Waals surface area (Å²) in [6.07, 6.45) is 0.251. The van der Waals surface area contributed by atoms with E-state index in [-0.39, 0.29) is 0 Å². The van der Waals surface area contributed by atoms with Crippen molar-refractivity contribution in [2.45, 2.75) is 19.9 Å². The van der Waals surface area contributed by atoms with Crippen LogP contribution in [-0.4, -0.2) is 83.3 Å². The molecule has 0 radical (unpaired) electrons.